The highest BCUT2D eigenvalue weighted by molar-refractivity contribution is 4.97. The Bertz CT molecular complexity index is 148. The molecular formula is C9H16O3. The van der Waals surface area contributed by atoms with Gasteiger partial charge in [-0.2, -0.15) is 0 Å². The summed E-state index contributed by atoms with van der Waals surface area (Å²) < 4.78 is 10.5. The summed E-state index contributed by atoms with van der Waals surface area (Å²) in [5.41, 5.74) is 1.19. The van der Waals surface area contributed by atoms with Crippen molar-refractivity contribution < 1.29 is 14.6 Å². The highest BCUT2D eigenvalue weighted by atomic mass is 16.7. The van der Waals surface area contributed by atoms with Crippen LogP contribution >= 0.6 is 0 Å². The van der Waals surface area contributed by atoms with E-state index >= 15 is 0 Å². The van der Waals surface area contributed by atoms with Gasteiger partial charge >= 0.3 is 0 Å². The number of hydrogen-bond acceptors (Lipinski definition) is 3. The number of rotatable bonds is 4. The normalized spacial score (nSPS) is 20.3. The van der Waals surface area contributed by atoms with Gasteiger partial charge in [-0.3, -0.25) is 0 Å². The zero-order valence-corrected chi connectivity index (χ0v) is 7.45. The molecule has 1 aliphatic rings. The van der Waals surface area contributed by atoms with Gasteiger partial charge in [0.2, 0.25) is 0 Å². The van der Waals surface area contributed by atoms with E-state index in [2.05, 4.69) is 0 Å². The molecular weight excluding hydrogens is 156 g/mol. The summed E-state index contributed by atoms with van der Waals surface area (Å²) in [7, 11) is 0. The fraction of sp³-hybridized carbons (Fsp3) is 0.778. The van der Waals surface area contributed by atoms with Gasteiger partial charge in [0.05, 0.1) is 19.8 Å². The van der Waals surface area contributed by atoms with Crippen LogP contribution in [0.15, 0.2) is 11.6 Å². The van der Waals surface area contributed by atoms with E-state index in [0.717, 1.165) is 12.8 Å². The Hall–Kier alpha value is -0.380. The zero-order valence-electron chi connectivity index (χ0n) is 7.45. The molecule has 0 bridgehead atoms. The first kappa shape index (κ1) is 9.71. The molecule has 0 amide bonds. The van der Waals surface area contributed by atoms with Crippen LogP contribution in [0.5, 0.6) is 0 Å². The second kappa shape index (κ2) is 5.30. The van der Waals surface area contributed by atoms with Crippen molar-refractivity contribution in [3.05, 3.63) is 11.6 Å². The Morgan fingerprint density at radius 3 is 2.75 bits per heavy atom. The number of ether oxygens (including phenoxy) is 2. The van der Waals surface area contributed by atoms with Crippen molar-refractivity contribution in [1.29, 1.82) is 0 Å². The fourth-order valence-electron chi connectivity index (χ4n) is 1.18. The minimum atomic E-state index is -0.0213. The molecule has 0 atom stereocenters. The minimum absolute atomic E-state index is 0.0213. The standard InChI is InChI=1S/C9H16O3/c1-8(4-5-10)2-3-9-11-6-7-12-9/h4,9-10H,2-3,5-7H2,1H3/b8-4+. The van der Waals surface area contributed by atoms with Crippen molar-refractivity contribution in [1.82, 2.24) is 0 Å². The van der Waals surface area contributed by atoms with Crippen molar-refractivity contribution >= 4 is 0 Å². The molecule has 0 unspecified atom stereocenters. The van der Waals surface area contributed by atoms with Crippen LogP contribution in [0.4, 0.5) is 0 Å². The maximum absolute atomic E-state index is 8.59. The highest BCUT2D eigenvalue weighted by Crippen LogP contribution is 2.13. The third-order valence-electron chi connectivity index (χ3n) is 1.90. The Kier molecular flexibility index (Phi) is 4.29. The molecule has 1 saturated heterocycles. The van der Waals surface area contributed by atoms with Crippen LogP contribution < -0.4 is 0 Å². The second-order valence-electron chi connectivity index (χ2n) is 2.94. The van der Waals surface area contributed by atoms with E-state index in [1.807, 2.05) is 13.0 Å². The van der Waals surface area contributed by atoms with Gasteiger partial charge in [-0.15, -0.1) is 0 Å². The molecule has 0 aromatic carbocycles. The maximum Gasteiger partial charge on any atom is 0.158 e. The first-order valence-electron chi connectivity index (χ1n) is 4.32. The quantitative estimate of drug-likeness (QED) is 0.645. The molecule has 12 heavy (non-hydrogen) atoms. The predicted octanol–water partition coefficient (Wildman–Crippen LogP) is 1.08. The van der Waals surface area contributed by atoms with Crippen LogP contribution in [0, 0.1) is 0 Å². The molecule has 1 aliphatic heterocycles. The smallest absolute Gasteiger partial charge is 0.158 e. The molecule has 1 fully saturated rings. The molecule has 1 N–H and O–H groups in total. The lowest BCUT2D eigenvalue weighted by atomic mass is 10.1. The summed E-state index contributed by atoms with van der Waals surface area (Å²) in [6.07, 6.45) is 3.62. The van der Waals surface area contributed by atoms with Crippen LogP contribution in [0.2, 0.25) is 0 Å². The van der Waals surface area contributed by atoms with Gasteiger partial charge in [0.15, 0.2) is 6.29 Å². The number of aliphatic hydroxyl groups excluding tert-OH is 1. The molecule has 0 aromatic heterocycles. The molecule has 0 radical (unpaired) electrons. The number of allylic oxidation sites excluding steroid dienone is 1. The molecule has 0 spiro atoms. The zero-order chi connectivity index (χ0) is 8.81. The summed E-state index contributed by atoms with van der Waals surface area (Å²) in [4.78, 5) is 0. The second-order valence-corrected chi connectivity index (χ2v) is 2.94. The topological polar surface area (TPSA) is 38.7 Å². The Morgan fingerprint density at radius 1 is 1.50 bits per heavy atom. The first-order chi connectivity index (χ1) is 5.83. The van der Waals surface area contributed by atoms with Crippen LogP contribution in [0.3, 0.4) is 0 Å². The van der Waals surface area contributed by atoms with Gasteiger partial charge in [0.25, 0.3) is 0 Å². The molecule has 1 heterocycles. The van der Waals surface area contributed by atoms with E-state index in [-0.39, 0.29) is 12.9 Å². The van der Waals surface area contributed by atoms with Crippen molar-refractivity contribution in [2.45, 2.75) is 26.1 Å². The van der Waals surface area contributed by atoms with Gasteiger partial charge in [-0.05, 0) is 13.3 Å². The third kappa shape index (κ3) is 3.34. The lowest BCUT2D eigenvalue weighted by Gasteiger charge is -2.08. The van der Waals surface area contributed by atoms with Gasteiger partial charge in [-0.1, -0.05) is 11.6 Å². The van der Waals surface area contributed by atoms with Crippen molar-refractivity contribution in [3.63, 3.8) is 0 Å². The van der Waals surface area contributed by atoms with Gasteiger partial charge in [0.1, 0.15) is 0 Å². The van der Waals surface area contributed by atoms with E-state index in [4.69, 9.17) is 14.6 Å². The molecule has 0 aromatic rings. The van der Waals surface area contributed by atoms with E-state index in [9.17, 15) is 0 Å². The predicted molar refractivity (Wildman–Crippen MR) is 45.8 cm³/mol. The summed E-state index contributed by atoms with van der Waals surface area (Å²) in [5, 5.41) is 8.59. The van der Waals surface area contributed by atoms with Crippen molar-refractivity contribution in [2.75, 3.05) is 19.8 Å². The lowest BCUT2D eigenvalue weighted by molar-refractivity contribution is -0.0462. The van der Waals surface area contributed by atoms with Crippen molar-refractivity contribution in [3.8, 4) is 0 Å². The minimum Gasteiger partial charge on any atom is -0.392 e. The largest absolute Gasteiger partial charge is 0.392 e. The summed E-state index contributed by atoms with van der Waals surface area (Å²) >= 11 is 0. The molecule has 0 aliphatic carbocycles. The van der Waals surface area contributed by atoms with Gasteiger partial charge in [-0.25, -0.2) is 0 Å². The molecule has 1 rings (SSSR count). The third-order valence-corrected chi connectivity index (χ3v) is 1.90. The average Bonchev–Trinajstić information content (AvgIpc) is 2.53. The van der Waals surface area contributed by atoms with E-state index in [1.165, 1.54) is 5.57 Å². The molecule has 3 nitrogen and oxygen atoms in total. The molecule has 3 heteroatoms. The van der Waals surface area contributed by atoms with Crippen LogP contribution in [-0.2, 0) is 9.47 Å². The van der Waals surface area contributed by atoms with E-state index in [0.29, 0.717) is 13.2 Å². The monoisotopic (exact) mass is 172 g/mol. The van der Waals surface area contributed by atoms with Crippen LogP contribution in [0.25, 0.3) is 0 Å². The SMILES string of the molecule is C/C(=C\CO)CCC1OCCO1. The van der Waals surface area contributed by atoms with Crippen LogP contribution in [0.1, 0.15) is 19.8 Å². The summed E-state index contributed by atoms with van der Waals surface area (Å²) in [6.45, 7) is 3.56. The first-order valence-corrected chi connectivity index (χ1v) is 4.32. The average molecular weight is 172 g/mol. The molecule has 0 saturated carbocycles. The van der Waals surface area contributed by atoms with Crippen molar-refractivity contribution in [2.24, 2.45) is 0 Å². The van der Waals surface area contributed by atoms with Gasteiger partial charge < -0.3 is 14.6 Å². The Balaban J connectivity index is 2.11. The molecule has 70 valence electrons. The van der Waals surface area contributed by atoms with Gasteiger partial charge in [0, 0.05) is 6.42 Å². The maximum atomic E-state index is 8.59. The Morgan fingerprint density at radius 2 is 2.17 bits per heavy atom. The summed E-state index contributed by atoms with van der Waals surface area (Å²) in [5.74, 6) is 0. The lowest BCUT2D eigenvalue weighted by Crippen LogP contribution is -2.06. The Labute approximate surface area is 73.0 Å². The summed E-state index contributed by atoms with van der Waals surface area (Å²) in [6, 6.07) is 0. The van der Waals surface area contributed by atoms with Crippen LogP contribution in [-0.4, -0.2) is 31.2 Å². The highest BCUT2D eigenvalue weighted by Gasteiger charge is 2.14. The van der Waals surface area contributed by atoms with E-state index in [1.54, 1.807) is 0 Å². The number of hydrogen-bond donors (Lipinski definition) is 1. The fourth-order valence-corrected chi connectivity index (χ4v) is 1.18. The number of aliphatic hydroxyl groups is 1. The van der Waals surface area contributed by atoms with E-state index < -0.39 is 0 Å².